The van der Waals surface area contributed by atoms with Crippen LogP contribution in [0.15, 0.2) is 76.8 Å². The maximum absolute atomic E-state index is 12.6. The zero-order valence-electron chi connectivity index (χ0n) is 17.5. The molecule has 2 heterocycles. The summed E-state index contributed by atoms with van der Waals surface area (Å²) >= 11 is 1.53. The van der Waals surface area contributed by atoms with Crippen molar-refractivity contribution in [1.82, 2.24) is 4.57 Å². The van der Waals surface area contributed by atoms with E-state index in [1.807, 2.05) is 49.7 Å². The highest BCUT2D eigenvalue weighted by Gasteiger charge is 2.42. The molecule has 1 saturated carbocycles. The molecular formula is C25H25NO3S. The molecule has 0 aliphatic heterocycles. The molecule has 3 aromatic rings. The van der Waals surface area contributed by atoms with E-state index in [1.54, 1.807) is 17.7 Å². The van der Waals surface area contributed by atoms with E-state index in [0.29, 0.717) is 16.9 Å². The highest BCUT2D eigenvalue weighted by Crippen LogP contribution is 2.48. The summed E-state index contributed by atoms with van der Waals surface area (Å²) in [6.07, 6.45) is 5.09. The van der Waals surface area contributed by atoms with Gasteiger partial charge in [0.25, 0.3) is 5.56 Å². The predicted molar refractivity (Wildman–Crippen MR) is 124 cm³/mol. The third-order valence-corrected chi connectivity index (χ3v) is 6.53. The van der Waals surface area contributed by atoms with Gasteiger partial charge in [-0.25, -0.2) is 0 Å². The standard InChI is InChI=1S/C25H25NO3S/c1-6-16(4)22(15(2)3)29-21-8-7-17(25(28)10-11-25)13-19(21)20-14-26(5)24(27)18-9-12-30-23(18)20/h6-9,12-14,28H,1-2,10-11H2,3-5H3/b22-16+. The first-order valence-corrected chi connectivity index (χ1v) is 10.7. The Balaban J connectivity index is 1.97. The average molecular weight is 420 g/mol. The summed E-state index contributed by atoms with van der Waals surface area (Å²) in [5, 5.41) is 13.3. The molecule has 30 heavy (non-hydrogen) atoms. The first-order chi connectivity index (χ1) is 14.2. The predicted octanol–water partition coefficient (Wildman–Crippen LogP) is 5.66. The van der Waals surface area contributed by atoms with E-state index in [4.69, 9.17) is 4.74 Å². The van der Waals surface area contributed by atoms with Crippen molar-refractivity contribution in [2.45, 2.75) is 32.3 Å². The van der Waals surface area contributed by atoms with Crippen molar-refractivity contribution < 1.29 is 9.84 Å². The molecule has 1 aromatic carbocycles. The second kappa shape index (κ2) is 7.42. The smallest absolute Gasteiger partial charge is 0.259 e. The van der Waals surface area contributed by atoms with Crippen molar-refractivity contribution in [3.05, 3.63) is 87.9 Å². The second-order valence-electron chi connectivity index (χ2n) is 7.96. The molecule has 0 radical (unpaired) electrons. The minimum Gasteiger partial charge on any atom is -0.456 e. The molecule has 1 aliphatic rings. The fourth-order valence-corrected chi connectivity index (χ4v) is 4.52. The lowest BCUT2D eigenvalue weighted by Gasteiger charge is -2.19. The molecular weight excluding hydrogens is 394 g/mol. The number of allylic oxidation sites excluding steroid dienone is 3. The lowest BCUT2D eigenvalue weighted by atomic mass is 9.98. The van der Waals surface area contributed by atoms with Crippen LogP contribution in [0.3, 0.4) is 0 Å². The van der Waals surface area contributed by atoms with Crippen LogP contribution in [-0.4, -0.2) is 9.67 Å². The van der Waals surface area contributed by atoms with Crippen molar-refractivity contribution in [1.29, 1.82) is 0 Å². The minimum atomic E-state index is -0.771. The van der Waals surface area contributed by atoms with Gasteiger partial charge in [0.2, 0.25) is 0 Å². The molecule has 1 aliphatic carbocycles. The Kier molecular flexibility index (Phi) is 5.04. The number of rotatable bonds is 6. The summed E-state index contributed by atoms with van der Waals surface area (Å²) < 4.78 is 8.84. The van der Waals surface area contributed by atoms with E-state index in [1.165, 1.54) is 11.3 Å². The monoisotopic (exact) mass is 419 g/mol. The van der Waals surface area contributed by atoms with Gasteiger partial charge < -0.3 is 14.4 Å². The first kappa shape index (κ1) is 20.4. The van der Waals surface area contributed by atoms with E-state index in [9.17, 15) is 9.90 Å². The third-order valence-electron chi connectivity index (χ3n) is 5.58. The van der Waals surface area contributed by atoms with Gasteiger partial charge in [-0.15, -0.1) is 11.3 Å². The summed E-state index contributed by atoms with van der Waals surface area (Å²) in [4.78, 5) is 12.6. The molecule has 0 saturated heterocycles. The van der Waals surface area contributed by atoms with Crippen LogP contribution in [0.25, 0.3) is 21.2 Å². The number of pyridine rings is 1. The number of thiophene rings is 1. The van der Waals surface area contributed by atoms with Gasteiger partial charge in [-0.2, -0.15) is 0 Å². The van der Waals surface area contributed by atoms with Crippen LogP contribution in [0.1, 0.15) is 32.3 Å². The summed E-state index contributed by atoms with van der Waals surface area (Å²) in [6.45, 7) is 11.7. The Morgan fingerprint density at radius 3 is 2.63 bits per heavy atom. The van der Waals surface area contributed by atoms with Gasteiger partial charge >= 0.3 is 0 Å². The van der Waals surface area contributed by atoms with Crippen LogP contribution in [0.4, 0.5) is 0 Å². The average Bonchev–Trinajstić information content (AvgIpc) is 3.28. The molecule has 0 spiro atoms. The molecule has 154 valence electrons. The fourth-order valence-electron chi connectivity index (χ4n) is 3.61. The minimum absolute atomic E-state index is 0.0283. The van der Waals surface area contributed by atoms with Crippen molar-refractivity contribution in [3.8, 4) is 16.9 Å². The summed E-state index contributed by atoms with van der Waals surface area (Å²) in [5.74, 6) is 1.31. The molecule has 0 amide bonds. The van der Waals surface area contributed by atoms with Gasteiger partial charge in [0.15, 0.2) is 0 Å². The van der Waals surface area contributed by atoms with E-state index >= 15 is 0 Å². The Bertz CT molecular complexity index is 1270. The van der Waals surface area contributed by atoms with Crippen LogP contribution in [0, 0.1) is 0 Å². The molecule has 1 N–H and O–H groups in total. The number of aliphatic hydroxyl groups is 1. The molecule has 0 unspecified atom stereocenters. The molecule has 0 atom stereocenters. The highest BCUT2D eigenvalue weighted by atomic mass is 32.1. The number of aryl methyl sites for hydroxylation is 1. The molecule has 2 aromatic heterocycles. The number of benzene rings is 1. The van der Waals surface area contributed by atoms with Gasteiger partial charge in [0.05, 0.1) is 11.0 Å². The van der Waals surface area contributed by atoms with E-state index in [2.05, 4.69) is 13.2 Å². The quantitative estimate of drug-likeness (QED) is 0.414. The van der Waals surface area contributed by atoms with Gasteiger partial charge in [-0.05, 0) is 67.0 Å². The van der Waals surface area contributed by atoms with E-state index < -0.39 is 5.60 Å². The number of fused-ring (bicyclic) bond motifs is 1. The maximum Gasteiger partial charge on any atom is 0.259 e. The van der Waals surface area contributed by atoms with Crippen LogP contribution in [0.5, 0.6) is 5.75 Å². The number of hydrogen-bond donors (Lipinski definition) is 1. The van der Waals surface area contributed by atoms with Crippen molar-refractivity contribution in [2.75, 3.05) is 0 Å². The first-order valence-electron chi connectivity index (χ1n) is 9.86. The maximum atomic E-state index is 12.6. The Labute approximate surface area is 180 Å². The topological polar surface area (TPSA) is 51.5 Å². The van der Waals surface area contributed by atoms with Crippen LogP contribution in [0.2, 0.25) is 0 Å². The molecule has 0 bridgehead atoms. The summed E-state index contributed by atoms with van der Waals surface area (Å²) in [6, 6.07) is 7.65. The SMILES string of the molecule is C=C/C(C)=C(/Oc1ccc(C2(O)CC2)cc1-c1cn(C)c(=O)c2ccsc12)C(=C)C. The van der Waals surface area contributed by atoms with E-state index in [-0.39, 0.29) is 5.56 Å². The Hall–Kier alpha value is -2.89. The van der Waals surface area contributed by atoms with Crippen molar-refractivity contribution in [2.24, 2.45) is 7.05 Å². The zero-order chi connectivity index (χ0) is 21.6. The van der Waals surface area contributed by atoms with Gasteiger partial charge in [-0.1, -0.05) is 25.3 Å². The normalized spacial score (nSPS) is 15.6. The molecule has 4 nitrogen and oxygen atoms in total. The lowest BCUT2D eigenvalue weighted by molar-refractivity contribution is 0.151. The Morgan fingerprint density at radius 1 is 1.27 bits per heavy atom. The largest absolute Gasteiger partial charge is 0.456 e. The van der Waals surface area contributed by atoms with E-state index in [0.717, 1.165) is 45.4 Å². The number of hydrogen-bond acceptors (Lipinski definition) is 4. The Morgan fingerprint density at radius 2 is 2.00 bits per heavy atom. The van der Waals surface area contributed by atoms with Crippen LogP contribution < -0.4 is 10.3 Å². The highest BCUT2D eigenvalue weighted by molar-refractivity contribution is 7.17. The summed E-state index contributed by atoms with van der Waals surface area (Å²) in [7, 11) is 1.75. The summed E-state index contributed by atoms with van der Waals surface area (Å²) in [5.41, 5.74) is 3.49. The number of nitrogens with zero attached hydrogens (tertiary/aromatic N) is 1. The van der Waals surface area contributed by atoms with Crippen molar-refractivity contribution >= 4 is 21.4 Å². The second-order valence-corrected chi connectivity index (χ2v) is 8.88. The van der Waals surface area contributed by atoms with Gasteiger partial charge in [0, 0.05) is 29.1 Å². The molecule has 4 rings (SSSR count). The fraction of sp³-hybridized carbons (Fsp3) is 0.240. The number of aromatic nitrogens is 1. The zero-order valence-corrected chi connectivity index (χ0v) is 18.3. The molecule has 1 fully saturated rings. The molecule has 5 heteroatoms. The number of ether oxygens (including phenoxy) is 1. The van der Waals surface area contributed by atoms with Crippen LogP contribution >= 0.6 is 11.3 Å². The van der Waals surface area contributed by atoms with Crippen LogP contribution in [-0.2, 0) is 12.6 Å². The third kappa shape index (κ3) is 3.44. The van der Waals surface area contributed by atoms with Crippen molar-refractivity contribution in [3.63, 3.8) is 0 Å². The van der Waals surface area contributed by atoms with Gasteiger partial charge in [-0.3, -0.25) is 4.79 Å². The van der Waals surface area contributed by atoms with Gasteiger partial charge in [0.1, 0.15) is 11.5 Å². The lowest BCUT2D eigenvalue weighted by Crippen LogP contribution is -2.15.